The predicted molar refractivity (Wildman–Crippen MR) is 77.0 cm³/mol. The molecule has 0 aliphatic heterocycles. The molecule has 0 fully saturated rings. The molecular weight excluding hydrogens is 224 g/mol. The highest BCUT2D eigenvalue weighted by molar-refractivity contribution is 5.39. The largest absolute Gasteiger partial charge is 0.493 e. The van der Waals surface area contributed by atoms with Crippen LogP contribution in [0.15, 0.2) is 18.2 Å². The fraction of sp³-hybridized carbons (Fsp3) is 0.600. The molecule has 0 radical (unpaired) electrons. The van der Waals surface area contributed by atoms with Gasteiger partial charge in [-0.3, -0.25) is 0 Å². The van der Waals surface area contributed by atoms with Crippen molar-refractivity contribution in [3.8, 4) is 5.75 Å². The first kappa shape index (κ1) is 15.0. The minimum atomic E-state index is 0.302. The Morgan fingerprint density at radius 1 is 1.22 bits per heavy atom. The zero-order valence-corrected chi connectivity index (χ0v) is 11.8. The third kappa shape index (κ3) is 3.72. The van der Waals surface area contributed by atoms with Crippen LogP contribution in [0.5, 0.6) is 5.75 Å². The molecule has 0 saturated heterocycles. The highest BCUT2D eigenvalue weighted by atomic mass is 16.5. The molecule has 1 unspecified atom stereocenters. The average molecular weight is 250 g/mol. The Kier molecular flexibility index (Phi) is 6.16. The smallest absolute Gasteiger partial charge is 0.122 e. The molecule has 0 aromatic heterocycles. The summed E-state index contributed by atoms with van der Waals surface area (Å²) in [6, 6.07) is 6.33. The minimum absolute atomic E-state index is 0.302. The fourth-order valence-corrected chi connectivity index (χ4v) is 2.13. The second-order valence-corrected chi connectivity index (χ2v) is 4.91. The molecule has 4 N–H and O–H groups in total. The van der Waals surface area contributed by atoms with Gasteiger partial charge in [-0.25, -0.2) is 0 Å². The summed E-state index contributed by atoms with van der Waals surface area (Å²) in [7, 11) is 0. The van der Waals surface area contributed by atoms with E-state index in [1.807, 2.05) is 0 Å². The summed E-state index contributed by atoms with van der Waals surface area (Å²) < 4.78 is 5.82. The molecule has 0 aliphatic rings. The van der Waals surface area contributed by atoms with E-state index in [0.29, 0.717) is 24.9 Å². The van der Waals surface area contributed by atoms with Gasteiger partial charge in [0.25, 0.3) is 0 Å². The molecule has 0 bridgehead atoms. The molecule has 0 amide bonds. The first-order valence-corrected chi connectivity index (χ1v) is 6.77. The first-order chi connectivity index (χ1) is 8.63. The van der Waals surface area contributed by atoms with Crippen molar-refractivity contribution in [1.29, 1.82) is 0 Å². The zero-order chi connectivity index (χ0) is 13.5. The molecule has 1 aromatic rings. The molecule has 0 heterocycles. The number of hydrogen-bond acceptors (Lipinski definition) is 3. The quantitative estimate of drug-likeness (QED) is 0.781. The van der Waals surface area contributed by atoms with E-state index in [2.05, 4.69) is 39.0 Å². The topological polar surface area (TPSA) is 61.3 Å². The molecule has 3 heteroatoms. The van der Waals surface area contributed by atoms with E-state index in [1.165, 1.54) is 11.1 Å². The van der Waals surface area contributed by atoms with Crippen LogP contribution in [0.3, 0.4) is 0 Å². The summed E-state index contributed by atoms with van der Waals surface area (Å²) in [5.41, 5.74) is 14.0. The zero-order valence-electron chi connectivity index (χ0n) is 11.8. The third-order valence-corrected chi connectivity index (χ3v) is 3.43. The lowest BCUT2D eigenvalue weighted by molar-refractivity contribution is 0.308. The second kappa shape index (κ2) is 7.39. The van der Waals surface area contributed by atoms with Crippen LogP contribution in [0, 0.1) is 12.8 Å². The number of ether oxygens (including phenoxy) is 1. The summed E-state index contributed by atoms with van der Waals surface area (Å²) in [5.74, 6) is 1.60. The Bertz CT molecular complexity index is 362. The summed E-state index contributed by atoms with van der Waals surface area (Å²) >= 11 is 0. The van der Waals surface area contributed by atoms with Crippen LogP contribution in [0.4, 0.5) is 0 Å². The van der Waals surface area contributed by atoms with Crippen LogP contribution < -0.4 is 16.2 Å². The van der Waals surface area contributed by atoms with Crippen molar-refractivity contribution in [3.05, 3.63) is 29.3 Å². The van der Waals surface area contributed by atoms with Crippen molar-refractivity contribution in [2.75, 3.05) is 19.7 Å². The first-order valence-electron chi connectivity index (χ1n) is 6.77. The van der Waals surface area contributed by atoms with Gasteiger partial charge in [0, 0.05) is 0 Å². The van der Waals surface area contributed by atoms with Gasteiger partial charge < -0.3 is 16.2 Å². The number of benzene rings is 1. The molecule has 102 valence electrons. The maximum absolute atomic E-state index is 5.82. The summed E-state index contributed by atoms with van der Waals surface area (Å²) in [6.07, 6.45) is 1.01. The lowest BCUT2D eigenvalue weighted by Gasteiger charge is -2.24. The van der Waals surface area contributed by atoms with Crippen molar-refractivity contribution in [2.24, 2.45) is 17.4 Å². The molecular formula is C15H26N2O. The van der Waals surface area contributed by atoms with E-state index in [9.17, 15) is 0 Å². The van der Waals surface area contributed by atoms with E-state index >= 15 is 0 Å². The van der Waals surface area contributed by atoms with Crippen LogP contribution in [0.1, 0.15) is 37.3 Å². The molecule has 0 spiro atoms. The van der Waals surface area contributed by atoms with Crippen LogP contribution in [-0.2, 0) is 0 Å². The highest BCUT2D eigenvalue weighted by Gasteiger charge is 2.19. The fourth-order valence-electron chi connectivity index (χ4n) is 2.13. The van der Waals surface area contributed by atoms with E-state index in [0.717, 1.165) is 18.8 Å². The Morgan fingerprint density at radius 3 is 2.44 bits per heavy atom. The van der Waals surface area contributed by atoms with Gasteiger partial charge in [-0.15, -0.1) is 0 Å². The van der Waals surface area contributed by atoms with Crippen LogP contribution in [-0.4, -0.2) is 19.7 Å². The van der Waals surface area contributed by atoms with Crippen molar-refractivity contribution < 1.29 is 4.74 Å². The van der Waals surface area contributed by atoms with Crippen LogP contribution in [0.2, 0.25) is 0 Å². The van der Waals surface area contributed by atoms with Gasteiger partial charge in [-0.05, 0) is 49.9 Å². The van der Waals surface area contributed by atoms with E-state index in [4.69, 9.17) is 16.2 Å². The number of aryl methyl sites for hydroxylation is 1. The van der Waals surface area contributed by atoms with Crippen molar-refractivity contribution >= 4 is 0 Å². The van der Waals surface area contributed by atoms with Crippen molar-refractivity contribution in [1.82, 2.24) is 0 Å². The minimum Gasteiger partial charge on any atom is -0.493 e. The normalized spacial score (nSPS) is 12.8. The Labute approximate surface area is 111 Å². The molecule has 3 nitrogen and oxygen atoms in total. The van der Waals surface area contributed by atoms with Crippen LogP contribution >= 0.6 is 0 Å². The molecule has 1 atom stereocenters. The highest BCUT2D eigenvalue weighted by Crippen LogP contribution is 2.32. The van der Waals surface area contributed by atoms with Gasteiger partial charge in [0.1, 0.15) is 5.75 Å². The Morgan fingerprint density at radius 2 is 1.89 bits per heavy atom. The van der Waals surface area contributed by atoms with Gasteiger partial charge in [-0.1, -0.05) is 31.5 Å². The van der Waals surface area contributed by atoms with Crippen molar-refractivity contribution in [3.63, 3.8) is 0 Å². The van der Waals surface area contributed by atoms with Gasteiger partial charge >= 0.3 is 0 Å². The number of hydrogen-bond donors (Lipinski definition) is 2. The van der Waals surface area contributed by atoms with Gasteiger partial charge in [0.2, 0.25) is 0 Å². The molecule has 1 rings (SSSR count). The maximum atomic E-state index is 5.82. The number of rotatable bonds is 7. The Balaban J connectivity index is 2.99. The summed E-state index contributed by atoms with van der Waals surface area (Å²) in [5, 5.41) is 0. The van der Waals surface area contributed by atoms with E-state index in [-0.39, 0.29) is 0 Å². The second-order valence-electron chi connectivity index (χ2n) is 4.91. The van der Waals surface area contributed by atoms with E-state index in [1.54, 1.807) is 0 Å². The molecule has 1 aromatic carbocycles. The van der Waals surface area contributed by atoms with Crippen LogP contribution in [0.25, 0.3) is 0 Å². The molecule has 0 saturated carbocycles. The SMILES string of the molecule is CCCOc1ccc(C)cc1C(C)C(CN)CN. The lowest BCUT2D eigenvalue weighted by Crippen LogP contribution is -2.28. The average Bonchev–Trinajstić information content (AvgIpc) is 2.38. The lowest BCUT2D eigenvalue weighted by atomic mass is 9.86. The van der Waals surface area contributed by atoms with Crippen molar-refractivity contribution in [2.45, 2.75) is 33.1 Å². The van der Waals surface area contributed by atoms with Gasteiger partial charge in [-0.2, -0.15) is 0 Å². The Hall–Kier alpha value is -1.06. The standard InChI is InChI=1S/C15H26N2O/c1-4-7-18-15-6-5-11(2)8-14(15)12(3)13(9-16)10-17/h5-6,8,12-13H,4,7,9-10,16-17H2,1-3H3. The predicted octanol–water partition coefficient (Wildman–Crippen LogP) is 2.42. The molecule has 18 heavy (non-hydrogen) atoms. The monoisotopic (exact) mass is 250 g/mol. The maximum Gasteiger partial charge on any atom is 0.122 e. The van der Waals surface area contributed by atoms with Gasteiger partial charge in [0.05, 0.1) is 6.61 Å². The summed E-state index contributed by atoms with van der Waals surface area (Å²) in [4.78, 5) is 0. The van der Waals surface area contributed by atoms with E-state index < -0.39 is 0 Å². The molecule has 0 aliphatic carbocycles. The third-order valence-electron chi connectivity index (χ3n) is 3.43. The number of nitrogens with two attached hydrogens (primary N) is 2. The summed E-state index contributed by atoms with van der Waals surface area (Å²) in [6.45, 7) is 8.36. The van der Waals surface area contributed by atoms with Gasteiger partial charge in [0.15, 0.2) is 0 Å².